The number of rotatable bonds is 9. The second kappa shape index (κ2) is 14.2. The van der Waals surface area contributed by atoms with E-state index in [4.69, 9.17) is 26.8 Å². The van der Waals surface area contributed by atoms with Crippen molar-refractivity contribution in [3.8, 4) is 0 Å². The van der Waals surface area contributed by atoms with Gasteiger partial charge in [-0.05, 0) is 75.3 Å². The highest BCUT2D eigenvalue weighted by atomic mass is 35.5. The number of nitrogens with one attached hydrogen (secondary N) is 1. The number of benzene rings is 2. The second-order valence-corrected chi connectivity index (χ2v) is 14.5. The van der Waals surface area contributed by atoms with E-state index in [1.807, 2.05) is 26.0 Å². The number of anilines is 1. The van der Waals surface area contributed by atoms with E-state index in [-0.39, 0.29) is 30.0 Å². The van der Waals surface area contributed by atoms with E-state index in [2.05, 4.69) is 5.32 Å². The highest BCUT2D eigenvalue weighted by Gasteiger charge is 2.42. The fraction of sp³-hybridized carbons (Fsp3) is 0.548. The van der Waals surface area contributed by atoms with E-state index >= 15 is 4.39 Å². The molecule has 2 heterocycles. The SMILES string of the molecule is COC(=O)N(C(=O)[C@@H](N)[C@@H](c1ccc(Cl)cc1)C1CCOC(C)(C)C1)c1cccc(F)c1CC[C@H]1CNCCN1S(C)(=O)=O. The van der Waals surface area contributed by atoms with Gasteiger partial charge >= 0.3 is 6.09 Å². The van der Waals surface area contributed by atoms with Crippen molar-refractivity contribution in [1.82, 2.24) is 9.62 Å². The van der Waals surface area contributed by atoms with Gasteiger partial charge in [0.2, 0.25) is 10.0 Å². The number of amides is 2. The number of hydrogen-bond donors (Lipinski definition) is 2. The van der Waals surface area contributed by atoms with Gasteiger partial charge in [0.15, 0.2) is 0 Å². The summed E-state index contributed by atoms with van der Waals surface area (Å²) in [4.78, 5) is 28.4. The number of carbonyl (C=O) groups excluding carboxylic acids is 2. The molecule has 2 fully saturated rings. The predicted molar refractivity (Wildman–Crippen MR) is 168 cm³/mol. The van der Waals surface area contributed by atoms with Gasteiger partial charge < -0.3 is 20.5 Å². The summed E-state index contributed by atoms with van der Waals surface area (Å²) >= 11 is 6.17. The summed E-state index contributed by atoms with van der Waals surface area (Å²) in [7, 11) is -2.35. The summed E-state index contributed by atoms with van der Waals surface area (Å²) in [6, 6.07) is 9.60. The molecule has 4 atom stereocenters. The first-order valence-corrected chi connectivity index (χ1v) is 17.0. The molecule has 2 aliphatic rings. The molecule has 13 heteroatoms. The van der Waals surface area contributed by atoms with Crippen LogP contribution in [0.4, 0.5) is 14.9 Å². The standard InChI is InChI=1S/C31H42ClFN4O6S/c1-31(2)18-21(14-17-43-31)27(20-8-10-22(32)11-9-20)28(34)29(38)37(30(39)42-3)26-7-5-6-25(33)24(26)13-12-23-19-35-15-16-36(23)44(4,40)41/h5-11,21,23,27-28,35H,12-19,34H2,1-4H3/t21?,23-,27-,28-/m0/s1. The zero-order valence-corrected chi connectivity index (χ0v) is 27.2. The fourth-order valence-corrected chi connectivity index (χ4v) is 7.75. The second-order valence-electron chi connectivity index (χ2n) is 12.1. The van der Waals surface area contributed by atoms with Crippen molar-refractivity contribution in [2.24, 2.45) is 11.7 Å². The molecule has 0 bridgehead atoms. The number of nitrogens with two attached hydrogens (primary N) is 1. The minimum absolute atomic E-state index is 0.00846. The van der Waals surface area contributed by atoms with E-state index < -0.39 is 51.4 Å². The normalized spacial score (nSPS) is 22.2. The topological polar surface area (TPSA) is 131 Å². The zero-order chi connectivity index (χ0) is 32.2. The average molecular weight is 653 g/mol. The van der Waals surface area contributed by atoms with Crippen molar-refractivity contribution in [1.29, 1.82) is 0 Å². The van der Waals surface area contributed by atoms with Crippen LogP contribution in [0.5, 0.6) is 0 Å². The molecular formula is C31H42ClFN4O6S. The number of sulfonamides is 1. The molecule has 0 aromatic heterocycles. The Morgan fingerprint density at radius 1 is 1.25 bits per heavy atom. The lowest BCUT2D eigenvalue weighted by atomic mass is 9.73. The third kappa shape index (κ3) is 7.96. The number of carbonyl (C=O) groups is 2. The van der Waals surface area contributed by atoms with Crippen molar-refractivity contribution in [2.45, 2.75) is 63.1 Å². The van der Waals surface area contributed by atoms with Gasteiger partial charge in [-0.25, -0.2) is 22.5 Å². The Morgan fingerprint density at radius 2 is 1.95 bits per heavy atom. The van der Waals surface area contributed by atoms with E-state index in [1.54, 1.807) is 12.1 Å². The maximum atomic E-state index is 15.5. The minimum Gasteiger partial charge on any atom is -0.452 e. The van der Waals surface area contributed by atoms with Crippen LogP contribution < -0.4 is 16.0 Å². The molecule has 0 radical (unpaired) electrons. The minimum atomic E-state index is -3.49. The molecule has 2 aromatic rings. The Morgan fingerprint density at radius 3 is 2.59 bits per heavy atom. The number of halogens is 2. The summed E-state index contributed by atoms with van der Waals surface area (Å²) < 4.78 is 52.6. The number of nitrogens with zero attached hydrogens (tertiary/aromatic N) is 2. The van der Waals surface area contributed by atoms with Crippen molar-refractivity contribution >= 4 is 39.3 Å². The van der Waals surface area contributed by atoms with Gasteiger partial charge in [-0.3, -0.25) is 4.79 Å². The van der Waals surface area contributed by atoms with Gasteiger partial charge in [0, 0.05) is 48.8 Å². The molecular weight excluding hydrogens is 611 g/mol. The zero-order valence-electron chi connectivity index (χ0n) is 25.6. The van der Waals surface area contributed by atoms with Crippen molar-refractivity contribution < 1.29 is 31.9 Å². The van der Waals surface area contributed by atoms with E-state index in [0.29, 0.717) is 44.1 Å². The quantitative estimate of drug-likeness (QED) is 0.415. The molecule has 10 nitrogen and oxygen atoms in total. The van der Waals surface area contributed by atoms with Crippen LogP contribution in [0.15, 0.2) is 42.5 Å². The van der Waals surface area contributed by atoms with Crippen LogP contribution in [0.3, 0.4) is 0 Å². The lowest BCUT2D eigenvalue weighted by molar-refractivity contribution is -0.121. The Labute approximate surface area is 264 Å². The molecule has 0 aliphatic carbocycles. The molecule has 4 rings (SSSR count). The van der Waals surface area contributed by atoms with Crippen LogP contribution >= 0.6 is 11.6 Å². The molecule has 2 amide bonds. The maximum absolute atomic E-state index is 15.5. The van der Waals surface area contributed by atoms with Gasteiger partial charge in [-0.15, -0.1) is 0 Å². The number of imide groups is 1. The number of piperazine rings is 1. The average Bonchev–Trinajstić information content (AvgIpc) is 2.97. The van der Waals surface area contributed by atoms with Gasteiger partial charge in [0.25, 0.3) is 5.91 Å². The van der Waals surface area contributed by atoms with Gasteiger partial charge in [-0.1, -0.05) is 29.8 Å². The lowest BCUT2D eigenvalue weighted by Gasteiger charge is -2.41. The van der Waals surface area contributed by atoms with Gasteiger partial charge in [-0.2, -0.15) is 4.31 Å². The summed E-state index contributed by atoms with van der Waals surface area (Å²) in [5.41, 5.74) is 7.22. The summed E-state index contributed by atoms with van der Waals surface area (Å²) in [6.07, 6.45) is 1.73. The highest BCUT2D eigenvalue weighted by molar-refractivity contribution is 7.88. The molecule has 242 valence electrons. The Balaban J connectivity index is 1.70. The van der Waals surface area contributed by atoms with E-state index in [0.717, 1.165) is 23.8 Å². The Bertz CT molecular complexity index is 1440. The van der Waals surface area contributed by atoms with Crippen LogP contribution in [0.2, 0.25) is 5.02 Å². The summed E-state index contributed by atoms with van der Waals surface area (Å²) in [6.45, 7) is 5.65. The monoisotopic (exact) mass is 652 g/mol. The Hall–Kier alpha value is -2.61. The first-order chi connectivity index (χ1) is 20.7. The first kappa shape index (κ1) is 34.3. The smallest absolute Gasteiger partial charge is 0.420 e. The summed E-state index contributed by atoms with van der Waals surface area (Å²) in [5, 5.41) is 3.71. The number of hydrogen-bond acceptors (Lipinski definition) is 8. The molecule has 2 saturated heterocycles. The fourth-order valence-electron chi connectivity index (χ4n) is 6.48. The van der Waals surface area contributed by atoms with Crippen molar-refractivity contribution in [3.05, 3.63) is 64.4 Å². The van der Waals surface area contributed by atoms with Crippen LogP contribution in [0.1, 0.15) is 50.2 Å². The van der Waals surface area contributed by atoms with Crippen LogP contribution in [-0.4, -0.2) is 82.0 Å². The largest absolute Gasteiger partial charge is 0.452 e. The third-order valence-corrected chi connectivity index (χ3v) is 10.1. The highest BCUT2D eigenvalue weighted by Crippen LogP contribution is 2.41. The summed E-state index contributed by atoms with van der Waals surface area (Å²) in [5.74, 6) is -1.95. The lowest BCUT2D eigenvalue weighted by Crippen LogP contribution is -2.53. The molecule has 1 unspecified atom stereocenters. The Kier molecular flexibility index (Phi) is 11.1. The van der Waals surface area contributed by atoms with Crippen LogP contribution in [0.25, 0.3) is 0 Å². The van der Waals surface area contributed by atoms with E-state index in [9.17, 15) is 18.0 Å². The van der Waals surface area contributed by atoms with E-state index in [1.165, 1.54) is 22.5 Å². The molecule has 44 heavy (non-hydrogen) atoms. The number of methoxy groups -OCH3 is 1. The van der Waals surface area contributed by atoms with Gasteiger partial charge in [0.1, 0.15) is 5.82 Å². The molecule has 0 spiro atoms. The molecule has 2 aromatic carbocycles. The van der Waals surface area contributed by atoms with Crippen LogP contribution in [0, 0.1) is 11.7 Å². The van der Waals surface area contributed by atoms with Crippen LogP contribution in [-0.2, 0) is 30.7 Å². The first-order valence-electron chi connectivity index (χ1n) is 14.8. The maximum Gasteiger partial charge on any atom is 0.420 e. The van der Waals surface area contributed by atoms with Crippen molar-refractivity contribution in [2.75, 3.05) is 44.5 Å². The van der Waals surface area contributed by atoms with Gasteiger partial charge in [0.05, 0.1) is 30.7 Å². The number of ether oxygens (including phenoxy) is 2. The molecule has 0 saturated carbocycles. The van der Waals surface area contributed by atoms with Crippen molar-refractivity contribution in [3.63, 3.8) is 0 Å². The predicted octanol–water partition coefficient (Wildman–Crippen LogP) is 4.06. The molecule has 3 N–H and O–H groups in total. The molecule has 2 aliphatic heterocycles. The third-order valence-electron chi connectivity index (χ3n) is 8.53.